The smallest absolute Gasteiger partial charge is 0.223 e. The van der Waals surface area contributed by atoms with Gasteiger partial charge in [-0.2, -0.15) is 0 Å². The molecule has 2 aliphatic rings. The van der Waals surface area contributed by atoms with Crippen molar-refractivity contribution in [2.45, 2.75) is 52.0 Å². The second-order valence-electron chi connectivity index (χ2n) is 7.09. The number of amides is 1. The summed E-state index contributed by atoms with van der Waals surface area (Å²) in [6, 6.07) is 0.323. The third-order valence-electron chi connectivity index (χ3n) is 3.79. The lowest BCUT2D eigenvalue weighted by Crippen LogP contribution is -2.51. The minimum Gasteiger partial charge on any atom is -0.338 e. The van der Waals surface area contributed by atoms with Crippen LogP contribution in [0.3, 0.4) is 0 Å². The fourth-order valence-electron chi connectivity index (χ4n) is 2.43. The van der Waals surface area contributed by atoms with Gasteiger partial charge in [-0.05, 0) is 18.3 Å². The van der Waals surface area contributed by atoms with Gasteiger partial charge in [-0.3, -0.25) is 4.79 Å². The van der Waals surface area contributed by atoms with Gasteiger partial charge in [-0.25, -0.2) is 4.68 Å². The number of hydrogen-bond acceptors (Lipinski definition) is 3. The number of carbonyl (C=O) groups is 1. The summed E-state index contributed by atoms with van der Waals surface area (Å²) in [5.41, 5.74) is 1.19. The molecule has 1 saturated carbocycles. The van der Waals surface area contributed by atoms with E-state index in [0.29, 0.717) is 18.4 Å². The van der Waals surface area contributed by atoms with Crippen molar-refractivity contribution < 1.29 is 4.79 Å². The molecule has 5 nitrogen and oxygen atoms in total. The molecule has 2 fully saturated rings. The highest BCUT2D eigenvalue weighted by molar-refractivity contribution is 5.77. The highest BCUT2D eigenvalue weighted by Crippen LogP contribution is 2.39. The summed E-state index contributed by atoms with van der Waals surface area (Å²) in [4.78, 5) is 13.9. The molecule has 0 bridgehead atoms. The van der Waals surface area contributed by atoms with Crippen LogP contribution in [0.1, 0.15) is 57.7 Å². The number of hydrogen-bond donors (Lipinski definition) is 0. The zero-order valence-electron chi connectivity index (χ0n) is 12.0. The maximum Gasteiger partial charge on any atom is 0.223 e. The van der Waals surface area contributed by atoms with E-state index in [1.54, 1.807) is 0 Å². The van der Waals surface area contributed by atoms with E-state index in [-0.39, 0.29) is 11.3 Å². The lowest BCUT2D eigenvalue weighted by atomic mass is 9.91. The van der Waals surface area contributed by atoms with Gasteiger partial charge in [0.05, 0.1) is 11.7 Å². The average Bonchev–Trinajstić information content (AvgIpc) is 2.94. The van der Waals surface area contributed by atoms with Crippen molar-refractivity contribution >= 4 is 5.91 Å². The van der Waals surface area contributed by atoms with E-state index < -0.39 is 0 Å². The first kappa shape index (κ1) is 12.6. The minimum absolute atomic E-state index is 0.0641. The highest BCUT2D eigenvalue weighted by Gasteiger charge is 2.35. The van der Waals surface area contributed by atoms with Gasteiger partial charge in [0.2, 0.25) is 5.91 Å². The van der Waals surface area contributed by atoms with Crippen molar-refractivity contribution in [2.75, 3.05) is 13.1 Å². The molecule has 104 valence electrons. The van der Waals surface area contributed by atoms with Gasteiger partial charge in [-0.1, -0.05) is 26.0 Å². The predicted molar refractivity (Wildman–Crippen MR) is 71.7 cm³/mol. The van der Waals surface area contributed by atoms with Crippen molar-refractivity contribution in [1.82, 2.24) is 19.9 Å². The number of carbonyl (C=O) groups excluding carboxylic acids is 1. The molecule has 0 radical (unpaired) electrons. The average molecular weight is 262 g/mol. The van der Waals surface area contributed by atoms with Gasteiger partial charge in [0.15, 0.2) is 0 Å². The van der Waals surface area contributed by atoms with E-state index in [9.17, 15) is 4.79 Å². The molecule has 1 aliphatic heterocycles. The molecule has 5 heteroatoms. The lowest BCUT2D eigenvalue weighted by Gasteiger charge is -2.40. The standard InChI is InChI=1S/C14H22N4O/c1-14(2,3)6-13(19)17-7-11(8-17)18-9-12(15-16-18)10-4-5-10/h9-11H,4-8H2,1-3H3. The van der Waals surface area contributed by atoms with Crippen LogP contribution in [0.4, 0.5) is 0 Å². The molecule has 1 saturated heterocycles. The topological polar surface area (TPSA) is 51.0 Å². The largest absolute Gasteiger partial charge is 0.338 e. The van der Waals surface area contributed by atoms with Crippen LogP contribution in [-0.2, 0) is 4.79 Å². The summed E-state index contributed by atoms with van der Waals surface area (Å²) < 4.78 is 1.94. The van der Waals surface area contributed by atoms with Crippen LogP contribution in [0.25, 0.3) is 0 Å². The Morgan fingerprint density at radius 2 is 2.05 bits per heavy atom. The molecule has 0 N–H and O–H groups in total. The Morgan fingerprint density at radius 1 is 1.37 bits per heavy atom. The van der Waals surface area contributed by atoms with E-state index >= 15 is 0 Å². The van der Waals surface area contributed by atoms with E-state index in [1.165, 1.54) is 12.8 Å². The molecule has 1 aromatic rings. The molecule has 1 amide bonds. The summed E-state index contributed by atoms with van der Waals surface area (Å²) in [5, 5.41) is 8.42. The molecular weight excluding hydrogens is 240 g/mol. The minimum atomic E-state index is 0.0641. The molecule has 3 rings (SSSR count). The Kier molecular flexibility index (Phi) is 2.87. The zero-order valence-corrected chi connectivity index (χ0v) is 12.0. The van der Waals surface area contributed by atoms with Crippen LogP contribution in [0.2, 0.25) is 0 Å². The third kappa shape index (κ3) is 2.80. The van der Waals surface area contributed by atoms with E-state index in [1.807, 2.05) is 9.58 Å². The maximum absolute atomic E-state index is 12.0. The van der Waals surface area contributed by atoms with Crippen LogP contribution in [-0.4, -0.2) is 38.9 Å². The summed E-state index contributed by atoms with van der Waals surface area (Å²) in [7, 11) is 0. The molecular formula is C14H22N4O. The van der Waals surface area contributed by atoms with E-state index in [4.69, 9.17) is 0 Å². The van der Waals surface area contributed by atoms with E-state index in [2.05, 4.69) is 37.3 Å². The number of likely N-dealkylation sites (tertiary alicyclic amines) is 1. The number of aromatic nitrogens is 3. The lowest BCUT2D eigenvalue weighted by molar-refractivity contribution is -0.139. The molecule has 0 spiro atoms. The fraction of sp³-hybridized carbons (Fsp3) is 0.786. The predicted octanol–water partition coefficient (Wildman–Crippen LogP) is 1.98. The summed E-state index contributed by atoms with van der Waals surface area (Å²) >= 11 is 0. The Hall–Kier alpha value is -1.39. The second kappa shape index (κ2) is 4.32. The first-order chi connectivity index (χ1) is 8.92. The Morgan fingerprint density at radius 3 is 2.63 bits per heavy atom. The van der Waals surface area contributed by atoms with Crippen LogP contribution >= 0.6 is 0 Å². The maximum atomic E-state index is 12.0. The van der Waals surface area contributed by atoms with Crippen molar-refractivity contribution in [3.8, 4) is 0 Å². The Labute approximate surface area is 114 Å². The Balaban J connectivity index is 1.52. The van der Waals surface area contributed by atoms with Crippen molar-refractivity contribution in [1.29, 1.82) is 0 Å². The summed E-state index contributed by atoms with van der Waals surface area (Å²) in [6.45, 7) is 7.86. The quantitative estimate of drug-likeness (QED) is 0.837. The Bertz CT molecular complexity index is 478. The van der Waals surface area contributed by atoms with E-state index in [0.717, 1.165) is 18.8 Å². The van der Waals surface area contributed by atoms with Crippen molar-refractivity contribution in [3.63, 3.8) is 0 Å². The van der Waals surface area contributed by atoms with Gasteiger partial charge in [0.25, 0.3) is 0 Å². The molecule has 19 heavy (non-hydrogen) atoms. The zero-order chi connectivity index (χ0) is 13.6. The fourth-order valence-corrected chi connectivity index (χ4v) is 2.43. The molecule has 1 aliphatic carbocycles. The highest BCUT2D eigenvalue weighted by atomic mass is 16.2. The summed E-state index contributed by atoms with van der Waals surface area (Å²) in [5.74, 6) is 0.902. The molecule has 0 unspecified atom stereocenters. The first-order valence-corrected chi connectivity index (χ1v) is 7.12. The van der Waals surface area contributed by atoms with Crippen molar-refractivity contribution in [2.24, 2.45) is 5.41 Å². The monoisotopic (exact) mass is 262 g/mol. The van der Waals surface area contributed by atoms with Crippen LogP contribution in [0.15, 0.2) is 6.20 Å². The van der Waals surface area contributed by atoms with Gasteiger partial charge >= 0.3 is 0 Å². The normalized spacial score (nSPS) is 20.5. The van der Waals surface area contributed by atoms with Gasteiger partial charge in [0, 0.05) is 31.6 Å². The number of nitrogens with zero attached hydrogens (tertiary/aromatic N) is 4. The molecule has 0 atom stereocenters. The van der Waals surface area contributed by atoms with Crippen LogP contribution in [0, 0.1) is 5.41 Å². The summed E-state index contributed by atoms with van der Waals surface area (Å²) in [6.07, 6.45) is 5.18. The number of rotatable bonds is 3. The van der Waals surface area contributed by atoms with Crippen LogP contribution in [0.5, 0.6) is 0 Å². The van der Waals surface area contributed by atoms with Gasteiger partial charge < -0.3 is 4.90 Å². The van der Waals surface area contributed by atoms with Crippen molar-refractivity contribution in [3.05, 3.63) is 11.9 Å². The molecule has 1 aromatic heterocycles. The van der Waals surface area contributed by atoms with Crippen LogP contribution < -0.4 is 0 Å². The molecule has 2 heterocycles. The van der Waals surface area contributed by atoms with Gasteiger partial charge in [0.1, 0.15) is 0 Å². The SMILES string of the molecule is CC(C)(C)CC(=O)N1CC(n2cc(C3CC3)nn2)C1. The second-order valence-corrected chi connectivity index (χ2v) is 7.09. The third-order valence-corrected chi connectivity index (χ3v) is 3.79. The molecule has 0 aromatic carbocycles. The van der Waals surface area contributed by atoms with Gasteiger partial charge in [-0.15, -0.1) is 5.10 Å². The first-order valence-electron chi connectivity index (χ1n) is 7.12.